The number of hydrogen-bond donors (Lipinski definition) is 0. The molecule has 21 heavy (non-hydrogen) atoms. The molecule has 0 spiro atoms. The summed E-state index contributed by atoms with van der Waals surface area (Å²) in [7, 11) is -1.25. The Morgan fingerprint density at radius 2 is 1.76 bits per heavy atom. The molecule has 0 aliphatic carbocycles. The van der Waals surface area contributed by atoms with Crippen molar-refractivity contribution < 1.29 is 9.00 Å². The Morgan fingerprint density at radius 1 is 1.10 bits per heavy atom. The first-order valence-electron chi connectivity index (χ1n) is 6.80. The molecule has 0 saturated carbocycles. The van der Waals surface area contributed by atoms with Gasteiger partial charge in [-0.2, -0.15) is 0 Å². The number of ketones is 1. The first kappa shape index (κ1) is 15.9. The number of hydrogen-bond acceptors (Lipinski definition) is 2. The standard InChI is InChI=1S/C17H17ClO2S/c1-2-13-7-9-14(10-8-13)17(19)12-21(20)11-15-5-3-4-6-16(15)18/h3-10H,2,11-12H2,1H3. The molecule has 0 aromatic heterocycles. The highest BCUT2D eigenvalue weighted by Gasteiger charge is 2.12. The summed E-state index contributed by atoms with van der Waals surface area (Å²) in [5.41, 5.74) is 2.61. The van der Waals surface area contributed by atoms with Crippen LogP contribution < -0.4 is 0 Å². The molecule has 4 heteroatoms. The predicted molar refractivity (Wildman–Crippen MR) is 88.3 cm³/mol. The molecule has 0 saturated heterocycles. The molecule has 2 aromatic carbocycles. The summed E-state index contributed by atoms with van der Waals surface area (Å²) in [6.07, 6.45) is 0.937. The van der Waals surface area contributed by atoms with Crippen LogP contribution in [0.4, 0.5) is 0 Å². The van der Waals surface area contributed by atoms with Crippen molar-refractivity contribution in [3.05, 3.63) is 70.2 Å². The van der Waals surface area contributed by atoms with Gasteiger partial charge in [-0.25, -0.2) is 0 Å². The number of aryl methyl sites for hydroxylation is 1. The number of carbonyl (C=O) groups excluding carboxylic acids is 1. The molecule has 0 heterocycles. The van der Waals surface area contributed by atoms with Crippen LogP contribution in [0.2, 0.25) is 5.02 Å². The van der Waals surface area contributed by atoms with E-state index in [4.69, 9.17) is 11.6 Å². The van der Waals surface area contributed by atoms with Crippen molar-refractivity contribution in [3.8, 4) is 0 Å². The second-order valence-corrected chi connectivity index (χ2v) is 6.66. The van der Waals surface area contributed by atoms with Gasteiger partial charge in [0.2, 0.25) is 0 Å². The molecule has 110 valence electrons. The van der Waals surface area contributed by atoms with Crippen LogP contribution in [0.25, 0.3) is 0 Å². The van der Waals surface area contributed by atoms with Gasteiger partial charge in [0.15, 0.2) is 5.78 Å². The van der Waals surface area contributed by atoms with Crippen LogP contribution in [0.5, 0.6) is 0 Å². The Morgan fingerprint density at radius 3 is 2.38 bits per heavy atom. The van der Waals surface area contributed by atoms with Crippen LogP contribution in [0.15, 0.2) is 48.5 Å². The minimum absolute atomic E-state index is 0.0245. The normalized spacial score (nSPS) is 12.1. The molecular weight excluding hydrogens is 304 g/mol. The number of benzene rings is 2. The molecule has 1 unspecified atom stereocenters. The lowest BCUT2D eigenvalue weighted by molar-refractivity contribution is 0.102. The van der Waals surface area contributed by atoms with Gasteiger partial charge in [-0.05, 0) is 23.6 Å². The second-order valence-electron chi connectivity index (χ2n) is 4.79. The summed E-state index contributed by atoms with van der Waals surface area (Å²) in [4.78, 5) is 12.1. The highest BCUT2D eigenvalue weighted by atomic mass is 35.5. The van der Waals surface area contributed by atoms with Gasteiger partial charge >= 0.3 is 0 Å². The van der Waals surface area contributed by atoms with Crippen LogP contribution in [-0.4, -0.2) is 15.7 Å². The van der Waals surface area contributed by atoms with Crippen molar-refractivity contribution in [2.75, 3.05) is 5.75 Å². The fourth-order valence-electron chi connectivity index (χ4n) is 2.00. The van der Waals surface area contributed by atoms with Gasteiger partial charge in [0.05, 0.1) is 11.5 Å². The number of carbonyl (C=O) groups is 1. The Bertz CT molecular complexity index is 650. The van der Waals surface area contributed by atoms with Crippen LogP contribution in [-0.2, 0) is 23.0 Å². The predicted octanol–water partition coefficient (Wildman–Crippen LogP) is 4.03. The van der Waals surface area contributed by atoms with Crippen molar-refractivity contribution in [2.45, 2.75) is 19.1 Å². The van der Waals surface area contributed by atoms with Crippen molar-refractivity contribution in [3.63, 3.8) is 0 Å². The number of Topliss-reactive ketones (excluding diaryl/α,β-unsaturated/α-hetero) is 1. The molecule has 0 radical (unpaired) electrons. The molecule has 2 nitrogen and oxygen atoms in total. The Labute approximate surface area is 132 Å². The average Bonchev–Trinajstić information content (AvgIpc) is 2.49. The van der Waals surface area contributed by atoms with Gasteiger partial charge in [0.25, 0.3) is 0 Å². The summed E-state index contributed by atoms with van der Waals surface area (Å²) in [5.74, 6) is 0.234. The van der Waals surface area contributed by atoms with Crippen LogP contribution in [0.3, 0.4) is 0 Å². The van der Waals surface area contributed by atoms with Crippen molar-refractivity contribution in [2.24, 2.45) is 0 Å². The molecular formula is C17H17ClO2S. The van der Waals surface area contributed by atoms with E-state index >= 15 is 0 Å². The minimum Gasteiger partial charge on any atom is -0.293 e. The smallest absolute Gasteiger partial charge is 0.175 e. The van der Waals surface area contributed by atoms with E-state index in [1.807, 2.05) is 30.3 Å². The van der Waals surface area contributed by atoms with E-state index in [0.717, 1.165) is 12.0 Å². The number of rotatable bonds is 6. The zero-order valence-corrected chi connectivity index (χ0v) is 13.4. The molecule has 0 fully saturated rings. The molecule has 0 bridgehead atoms. The van der Waals surface area contributed by atoms with Gasteiger partial charge in [0.1, 0.15) is 0 Å². The third-order valence-electron chi connectivity index (χ3n) is 3.25. The lowest BCUT2D eigenvalue weighted by Crippen LogP contribution is -2.12. The zero-order chi connectivity index (χ0) is 15.2. The molecule has 0 aliphatic rings. The van der Waals surface area contributed by atoms with E-state index in [0.29, 0.717) is 16.3 Å². The molecule has 0 amide bonds. The lowest BCUT2D eigenvalue weighted by Gasteiger charge is -2.05. The summed E-state index contributed by atoms with van der Waals surface area (Å²) in [5, 5.41) is 0.589. The Balaban J connectivity index is 1.98. The summed E-state index contributed by atoms with van der Waals surface area (Å²) in [6, 6.07) is 14.7. The van der Waals surface area contributed by atoms with Crippen LogP contribution >= 0.6 is 11.6 Å². The largest absolute Gasteiger partial charge is 0.293 e. The maximum atomic E-state index is 12.1. The molecule has 2 rings (SSSR count). The lowest BCUT2D eigenvalue weighted by atomic mass is 10.1. The molecule has 2 aromatic rings. The SMILES string of the molecule is CCc1ccc(C(=O)CS(=O)Cc2ccccc2Cl)cc1. The maximum Gasteiger partial charge on any atom is 0.175 e. The molecule has 1 atom stereocenters. The highest BCUT2D eigenvalue weighted by Crippen LogP contribution is 2.17. The van der Waals surface area contributed by atoms with Crippen molar-refractivity contribution >= 4 is 28.2 Å². The Hall–Kier alpha value is -1.45. The third kappa shape index (κ3) is 4.51. The monoisotopic (exact) mass is 320 g/mol. The first-order chi connectivity index (χ1) is 10.1. The topological polar surface area (TPSA) is 34.1 Å². The van der Waals surface area contributed by atoms with Crippen molar-refractivity contribution in [1.29, 1.82) is 0 Å². The molecule has 0 N–H and O–H groups in total. The van der Waals surface area contributed by atoms with Gasteiger partial charge in [-0.15, -0.1) is 0 Å². The van der Waals surface area contributed by atoms with Gasteiger partial charge in [-0.1, -0.05) is 61.0 Å². The van der Waals surface area contributed by atoms with E-state index < -0.39 is 10.8 Å². The summed E-state index contributed by atoms with van der Waals surface area (Å²) in [6.45, 7) is 2.06. The van der Waals surface area contributed by atoms with E-state index in [1.165, 1.54) is 5.56 Å². The summed E-state index contributed by atoms with van der Waals surface area (Å²) < 4.78 is 12.1. The van der Waals surface area contributed by atoms with Gasteiger partial charge < -0.3 is 0 Å². The maximum absolute atomic E-state index is 12.1. The molecule has 0 aliphatic heterocycles. The van der Waals surface area contributed by atoms with E-state index in [9.17, 15) is 9.00 Å². The quantitative estimate of drug-likeness (QED) is 0.753. The first-order valence-corrected chi connectivity index (χ1v) is 8.67. The number of halogens is 1. The fourth-order valence-corrected chi connectivity index (χ4v) is 3.44. The van der Waals surface area contributed by atoms with Crippen LogP contribution in [0, 0.1) is 0 Å². The third-order valence-corrected chi connectivity index (χ3v) is 4.84. The second kappa shape index (κ2) is 7.53. The van der Waals surface area contributed by atoms with E-state index in [1.54, 1.807) is 18.2 Å². The average molecular weight is 321 g/mol. The van der Waals surface area contributed by atoms with Crippen LogP contribution in [0.1, 0.15) is 28.4 Å². The Kier molecular flexibility index (Phi) is 5.71. The highest BCUT2D eigenvalue weighted by molar-refractivity contribution is 7.85. The van der Waals surface area contributed by atoms with Gasteiger partial charge in [-0.3, -0.25) is 9.00 Å². The zero-order valence-electron chi connectivity index (χ0n) is 11.8. The van der Waals surface area contributed by atoms with Crippen molar-refractivity contribution in [1.82, 2.24) is 0 Å². The van der Waals surface area contributed by atoms with E-state index in [2.05, 4.69) is 6.92 Å². The summed E-state index contributed by atoms with van der Waals surface area (Å²) >= 11 is 6.04. The minimum atomic E-state index is -1.25. The van der Waals surface area contributed by atoms with Gasteiger partial charge in [0, 0.05) is 21.4 Å². The fraction of sp³-hybridized carbons (Fsp3) is 0.235. The van der Waals surface area contributed by atoms with E-state index in [-0.39, 0.29) is 11.5 Å².